The maximum atomic E-state index is 11.8. The van der Waals surface area contributed by atoms with Crippen molar-refractivity contribution < 1.29 is 9.59 Å². The van der Waals surface area contributed by atoms with E-state index in [4.69, 9.17) is 0 Å². The van der Waals surface area contributed by atoms with Gasteiger partial charge in [-0.2, -0.15) is 0 Å². The van der Waals surface area contributed by atoms with Gasteiger partial charge in [0.2, 0.25) is 5.78 Å². The molecule has 3 heteroatoms. The Bertz CT molecular complexity index is 436. The summed E-state index contributed by atoms with van der Waals surface area (Å²) in [6.07, 6.45) is 0. The number of carbonyl (C=O) groups excluding carboxylic acids is 2. The third-order valence-corrected chi connectivity index (χ3v) is 2.65. The maximum Gasteiger partial charge on any atom is 0.292 e. The number of amides is 1. The van der Waals surface area contributed by atoms with Crippen molar-refractivity contribution in [3.05, 3.63) is 34.9 Å². The van der Waals surface area contributed by atoms with Gasteiger partial charge >= 0.3 is 0 Å². The van der Waals surface area contributed by atoms with E-state index < -0.39 is 11.7 Å². The van der Waals surface area contributed by atoms with Gasteiger partial charge in [-0.25, -0.2) is 0 Å². The van der Waals surface area contributed by atoms with E-state index in [1.807, 2.05) is 33.8 Å². The number of benzene rings is 1. The average molecular weight is 233 g/mol. The van der Waals surface area contributed by atoms with Crippen LogP contribution in [0.5, 0.6) is 0 Å². The van der Waals surface area contributed by atoms with Crippen molar-refractivity contribution in [1.82, 2.24) is 5.32 Å². The van der Waals surface area contributed by atoms with E-state index in [1.54, 1.807) is 12.1 Å². The molecule has 3 nitrogen and oxygen atoms in total. The Balaban J connectivity index is 2.75. The van der Waals surface area contributed by atoms with E-state index in [9.17, 15) is 9.59 Å². The van der Waals surface area contributed by atoms with Crippen molar-refractivity contribution in [2.75, 3.05) is 6.54 Å². The zero-order valence-corrected chi connectivity index (χ0v) is 10.8. The summed E-state index contributed by atoms with van der Waals surface area (Å²) in [6.45, 7) is 8.40. The first-order valence-corrected chi connectivity index (χ1v) is 5.81. The van der Waals surface area contributed by atoms with Gasteiger partial charge in [0, 0.05) is 12.1 Å². The van der Waals surface area contributed by atoms with Crippen LogP contribution in [-0.2, 0) is 4.79 Å². The van der Waals surface area contributed by atoms with Crippen LogP contribution in [0.15, 0.2) is 18.2 Å². The first-order chi connectivity index (χ1) is 7.91. The fourth-order valence-electron chi connectivity index (χ4n) is 1.39. The number of carbonyl (C=O) groups is 2. The van der Waals surface area contributed by atoms with Crippen molar-refractivity contribution >= 4 is 11.7 Å². The van der Waals surface area contributed by atoms with Gasteiger partial charge in [-0.05, 0) is 37.0 Å². The summed E-state index contributed by atoms with van der Waals surface area (Å²) in [5.41, 5.74) is 2.59. The summed E-state index contributed by atoms with van der Waals surface area (Å²) in [6, 6.07) is 5.31. The van der Waals surface area contributed by atoms with Gasteiger partial charge in [0.05, 0.1) is 0 Å². The second-order valence-electron chi connectivity index (χ2n) is 4.73. The lowest BCUT2D eigenvalue weighted by molar-refractivity contribution is -0.117. The number of nitrogens with one attached hydrogen (secondary N) is 1. The van der Waals surface area contributed by atoms with Crippen molar-refractivity contribution in [3.8, 4) is 0 Å². The Labute approximate surface area is 102 Å². The Kier molecular flexibility index (Phi) is 4.44. The van der Waals surface area contributed by atoms with Crippen molar-refractivity contribution in [2.45, 2.75) is 27.7 Å². The van der Waals surface area contributed by atoms with Crippen LogP contribution in [0.4, 0.5) is 0 Å². The highest BCUT2D eigenvalue weighted by Gasteiger charge is 2.16. The smallest absolute Gasteiger partial charge is 0.292 e. The zero-order valence-electron chi connectivity index (χ0n) is 10.8. The number of hydrogen-bond acceptors (Lipinski definition) is 2. The summed E-state index contributed by atoms with van der Waals surface area (Å²) in [5.74, 6) is -0.651. The number of rotatable bonds is 4. The lowest BCUT2D eigenvalue weighted by atomic mass is 10.0. The average Bonchev–Trinajstić information content (AvgIpc) is 2.28. The van der Waals surface area contributed by atoms with Crippen LogP contribution in [0.3, 0.4) is 0 Å². The third kappa shape index (κ3) is 3.70. The van der Waals surface area contributed by atoms with Crippen LogP contribution >= 0.6 is 0 Å². The summed E-state index contributed by atoms with van der Waals surface area (Å²) >= 11 is 0. The van der Waals surface area contributed by atoms with Crippen LogP contribution < -0.4 is 5.32 Å². The van der Waals surface area contributed by atoms with Gasteiger partial charge in [0.15, 0.2) is 0 Å². The predicted molar refractivity (Wildman–Crippen MR) is 68.1 cm³/mol. The molecular weight excluding hydrogens is 214 g/mol. The molecule has 0 aromatic heterocycles. The molecule has 1 aromatic carbocycles. The topological polar surface area (TPSA) is 46.2 Å². The van der Waals surface area contributed by atoms with Gasteiger partial charge in [0.25, 0.3) is 5.91 Å². The quantitative estimate of drug-likeness (QED) is 0.640. The van der Waals surface area contributed by atoms with Crippen LogP contribution in [0.1, 0.15) is 35.3 Å². The van der Waals surface area contributed by atoms with Crippen LogP contribution in [0.25, 0.3) is 0 Å². The van der Waals surface area contributed by atoms with E-state index in [0.717, 1.165) is 11.1 Å². The number of aryl methyl sites for hydroxylation is 2. The second kappa shape index (κ2) is 5.62. The van der Waals surface area contributed by atoms with Gasteiger partial charge in [-0.1, -0.05) is 26.0 Å². The number of Topliss-reactive ketones (excluding diaryl/α,β-unsaturated/α-hetero) is 1. The van der Waals surface area contributed by atoms with Crippen LogP contribution in [0, 0.1) is 19.8 Å². The minimum absolute atomic E-state index is 0.339. The van der Waals surface area contributed by atoms with Gasteiger partial charge in [-0.3, -0.25) is 9.59 Å². The van der Waals surface area contributed by atoms with Gasteiger partial charge in [0.1, 0.15) is 0 Å². The summed E-state index contributed by atoms with van der Waals surface area (Å²) < 4.78 is 0. The standard InChI is InChI=1S/C14H19NO2/c1-9(2)8-15-14(17)13(16)12-6-5-10(3)11(4)7-12/h5-7,9H,8H2,1-4H3,(H,15,17). The van der Waals surface area contributed by atoms with Crippen LogP contribution in [-0.4, -0.2) is 18.2 Å². The van der Waals surface area contributed by atoms with Crippen LogP contribution in [0.2, 0.25) is 0 Å². The monoisotopic (exact) mass is 233 g/mol. The van der Waals surface area contributed by atoms with Gasteiger partial charge < -0.3 is 5.32 Å². The molecule has 1 amide bonds. The fraction of sp³-hybridized carbons (Fsp3) is 0.429. The van der Waals surface area contributed by atoms with E-state index in [1.165, 1.54) is 0 Å². The molecule has 1 rings (SSSR count). The summed E-state index contributed by atoms with van der Waals surface area (Å²) in [4.78, 5) is 23.4. The Morgan fingerprint density at radius 2 is 1.82 bits per heavy atom. The minimum Gasteiger partial charge on any atom is -0.349 e. The molecule has 0 bridgehead atoms. The highest BCUT2D eigenvalue weighted by molar-refractivity contribution is 6.42. The Hall–Kier alpha value is -1.64. The number of hydrogen-bond donors (Lipinski definition) is 1. The maximum absolute atomic E-state index is 11.8. The van der Waals surface area contributed by atoms with E-state index in [0.29, 0.717) is 18.0 Å². The molecule has 0 unspecified atom stereocenters. The predicted octanol–water partition coefficient (Wildman–Crippen LogP) is 2.26. The Morgan fingerprint density at radius 1 is 1.18 bits per heavy atom. The molecule has 0 spiro atoms. The molecule has 0 fully saturated rings. The van der Waals surface area contributed by atoms with E-state index in [-0.39, 0.29) is 0 Å². The molecule has 0 aliphatic rings. The third-order valence-electron chi connectivity index (χ3n) is 2.65. The van der Waals surface area contributed by atoms with Crippen molar-refractivity contribution in [3.63, 3.8) is 0 Å². The highest BCUT2D eigenvalue weighted by atomic mass is 16.2. The van der Waals surface area contributed by atoms with Crippen molar-refractivity contribution in [1.29, 1.82) is 0 Å². The molecule has 1 aromatic rings. The zero-order chi connectivity index (χ0) is 13.0. The first-order valence-electron chi connectivity index (χ1n) is 5.81. The normalized spacial score (nSPS) is 10.4. The molecular formula is C14H19NO2. The van der Waals surface area contributed by atoms with Crippen molar-refractivity contribution in [2.24, 2.45) is 5.92 Å². The molecule has 0 saturated carbocycles. The SMILES string of the molecule is Cc1ccc(C(=O)C(=O)NCC(C)C)cc1C. The molecule has 17 heavy (non-hydrogen) atoms. The molecule has 92 valence electrons. The molecule has 0 saturated heterocycles. The van der Waals surface area contributed by atoms with E-state index in [2.05, 4.69) is 5.32 Å². The Morgan fingerprint density at radius 3 is 2.35 bits per heavy atom. The second-order valence-corrected chi connectivity index (χ2v) is 4.73. The lowest BCUT2D eigenvalue weighted by Crippen LogP contribution is -2.33. The summed E-state index contributed by atoms with van der Waals surface area (Å²) in [5, 5.41) is 2.63. The first kappa shape index (κ1) is 13.4. The van der Waals surface area contributed by atoms with E-state index >= 15 is 0 Å². The highest BCUT2D eigenvalue weighted by Crippen LogP contribution is 2.10. The molecule has 0 radical (unpaired) electrons. The molecule has 0 heterocycles. The molecule has 0 aliphatic heterocycles. The molecule has 0 aliphatic carbocycles. The molecule has 1 N–H and O–H groups in total. The minimum atomic E-state index is -0.526. The summed E-state index contributed by atoms with van der Waals surface area (Å²) in [7, 11) is 0. The largest absolute Gasteiger partial charge is 0.349 e. The lowest BCUT2D eigenvalue weighted by Gasteiger charge is -2.07. The number of ketones is 1. The van der Waals surface area contributed by atoms with Gasteiger partial charge in [-0.15, -0.1) is 0 Å². The molecule has 0 atom stereocenters. The fourth-order valence-corrected chi connectivity index (χ4v) is 1.39.